The Bertz CT molecular complexity index is 647. The maximum Gasteiger partial charge on any atom is 0.337 e. The van der Waals surface area contributed by atoms with Gasteiger partial charge in [0.1, 0.15) is 11.6 Å². The molecule has 0 aliphatic heterocycles. The van der Waals surface area contributed by atoms with Gasteiger partial charge in [-0.15, -0.1) is 0 Å². The minimum atomic E-state index is -1.29. The molecule has 2 aromatic carbocycles. The molecule has 3 nitrogen and oxygen atoms in total. The van der Waals surface area contributed by atoms with Gasteiger partial charge in [-0.25, -0.2) is 13.6 Å². The van der Waals surface area contributed by atoms with Crippen LogP contribution in [-0.4, -0.2) is 11.1 Å². The zero-order valence-electron chi connectivity index (χ0n) is 9.45. The smallest absolute Gasteiger partial charge is 0.337 e. The zero-order chi connectivity index (χ0) is 14.0. The molecule has 0 aliphatic carbocycles. The Balaban J connectivity index is 2.46. The van der Waals surface area contributed by atoms with Gasteiger partial charge in [0.2, 0.25) is 0 Å². The number of hydrogen-bond donors (Lipinski definition) is 2. The Morgan fingerprint density at radius 3 is 2.53 bits per heavy atom. The third-order valence-electron chi connectivity index (χ3n) is 2.43. The highest BCUT2D eigenvalue weighted by Crippen LogP contribution is 2.27. The average Bonchev–Trinajstić information content (AvgIpc) is 2.34. The molecule has 0 bridgehead atoms. The lowest BCUT2D eigenvalue weighted by atomic mass is 10.1. The fourth-order valence-electron chi connectivity index (χ4n) is 1.55. The molecule has 98 valence electrons. The number of carboxylic acid groups (broad SMARTS) is 1. The third-order valence-corrected chi connectivity index (χ3v) is 2.93. The summed E-state index contributed by atoms with van der Waals surface area (Å²) in [5.41, 5.74) is -0.533. The number of hydrogen-bond acceptors (Lipinski definition) is 2. The van der Waals surface area contributed by atoms with Crippen LogP contribution in [0.2, 0.25) is 0 Å². The highest BCUT2D eigenvalue weighted by Gasteiger charge is 2.15. The van der Waals surface area contributed by atoms with E-state index in [0.29, 0.717) is 4.47 Å². The van der Waals surface area contributed by atoms with Crippen LogP contribution in [0.1, 0.15) is 10.4 Å². The van der Waals surface area contributed by atoms with E-state index in [1.165, 1.54) is 24.3 Å². The molecule has 2 rings (SSSR count). The monoisotopic (exact) mass is 327 g/mol. The standard InChI is InChI=1S/C13H8BrF2NO2/c14-7-4-5-11(10(16)6-7)17-12-8(13(18)19)2-1-3-9(12)15/h1-6,17H,(H,18,19). The van der Waals surface area contributed by atoms with Crippen molar-refractivity contribution in [2.24, 2.45) is 0 Å². The Kier molecular flexibility index (Phi) is 3.80. The number of anilines is 2. The van der Waals surface area contributed by atoms with Crippen molar-refractivity contribution in [3.63, 3.8) is 0 Å². The fourth-order valence-corrected chi connectivity index (χ4v) is 1.89. The topological polar surface area (TPSA) is 49.3 Å². The normalized spacial score (nSPS) is 10.3. The molecule has 6 heteroatoms. The molecular formula is C13H8BrF2NO2. The van der Waals surface area contributed by atoms with E-state index in [9.17, 15) is 13.6 Å². The van der Waals surface area contributed by atoms with Crippen molar-refractivity contribution in [1.82, 2.24) is 0 Å². The van der Waals surface area contributed by atoms with Crippen LogP contribution < -0.4 is 5.32 Å². The molecule has 0 atom stereocenters. The molecular weight excluding hydrogens is 320 g/mol. The molecule has 0 unspecified atom stereocenters. The molecule has 0 spiro atoms. The van der Waals surface area contributed by atoms with E-state index in [1.807, 2.05) is 0 Å². The second-order valence-corrected chi connectivity index (χ2v) is 4.63. The number of aromatic carboxylic acids is 1. The fraction of sp³-hybridized carbons (Fsp3) is 0. The maximum atomic E-state index is 13.6. The number of benzene rings is 2. The first-order valence-electron chi connectivity index (χ1n) is 5.23. The summed E-state index contributed by atoms with van der Waals surface area (Å²) in [7, 11) is 0. The molecule has 19 heavy (non-hydrogen) atoms. The summed E-state index contributed by atoms with van der Waals surface area (Å²) in [6.45, 7) is 0. The van der Waals surface area contributed by atoms with E-state index in [1.54, 1.807) is 6.07 Å². The predicted octanol–water partition coefficient (Wildman–Crippen LogP) is 4.17. The highest BCUT2D eigenvalue weighted by atomic mass is 79.9. The second kappa shape index (κ2) is 5.36. The summed E-state index contributed by atoms with van der Waals surface area (Å²) >= 11 is 3.10. The van der Waals surface area contributed by atoms with E-state index < -0.39 is 17.6 Å². The van der Waals surface area contributed by atoms with Gasteiger partial charge in [-0.1, -0.05) is 22.0 Å². The number of nitrogens with one attached hydrogen (secondary N) is 1. The molecule has 0 amide bonds. The van der Waals surface area contributed by atoms with Crippen LogP contribution in [0.5, 0.6) is 0 Å². The van der Waals surface area contributed by atoms with Gasteiger partial charge in [-0.05, 0) is 30.3 Å². The molecule has 0 radical (unpaired) electrons. The van der Waals surface area contributed by atoms with Crippen molar-refractivity contribution in [3.05, 3.63) is 58.1 Å². The van der Waals surface area contributed by atoms with Gasteiger partial charge in [0.05, 0.1) is 16.9 Å². The number of carbonyl (C=O) groups is 1. The summed E-state index contributed by atoms with van der Waals surface area (Å²) in [6.07, 6.45) is 0. The number of carboxylic acids is 1. The lowest BCUT2D eigenvalue weighted by molar-refractivity contribution is 0.0697. The Hall–Kier alpha value is -1.95. The van der Waals surface area contributed by atoms with Gasteiger partial charge >= 0.3 is 5.97 Å². The average molecular weight is 328 g/mol. The molecule has 0 aromatic heterocycles. The predicted molar refractivity (Wildman–Crippen MR) is 70.7 cm³/mol. The first-order valence-corrected chi connectivity index (χ1v) is 6.02. The summed E-state index contributed by atoms with van der Waals surface area (Å²) in [5, 5.41) is 11.4. The van der Waals surface area contributed by atoms with Gasteiger partial charge in [0, 0.05) is 4.47 Å². The highest BCUT2D eigenvalue weighted by molar-refractivity contribution is 9.10. The SMILES string of the molecule is O=C(O)c1cccc(F)c1Nc1ccc(Br)cc1F. The first-order chi connectivity index (χ1) is 8.99. The lowest BCUT2D eigenvalue weighted by Crippen LogP contribution is -2.05. The lowest BCUT2D eigenvalue weighted by Gasteiger charge is -2.11. The van der Waals surface area contributed by atoms with E-state index in [-0.39, 0.29) is 16.9 Å². The zero-order valence-corrected chi connectivity index (χ0v) is 11.0. The molecule has 0 saturated heterocycles. The van der Waals surface area contributed by atoms with Crippen molar-refractivity contribution in [2.75, 3.05) is 5.32 Å². The molecule has 0 fully saturated rings. The maximum absolute atomic E-state index is 13.6. The van der Waals surface area contributed by atoms with Crippen LogP contribution in [0, 0.1) is 11.6 Å². The van der Waals surface area contributed by atoms with Crippen molar-refractivity contribution < 1.29 is 18.7 Å². The second-order valence-electron chi connectivity index (χ2n) is 3.72. The third kappa shape index (κ3) is 2.90. The van der Waals surface area contributed by atoms with E-state index in [0.717, 1.165) is 6.07 Å². The quantitative estimate of drug-likeness (QED) is 0.889. The van der Waals surface area contributed by atoms with Crippen LogP contribution in [-0.2, 0) is 0 Å². The van der Waals surface area contributed by atoms with Crippen molar-refractivity contribution >= 4 is 33.3 Å². The van der Waals surface area contributed by atoms with Crippen molar-refractivity contribution in [1.29, 1.82) is 0 Å². The Labute approximate surface area is 116 Å². The van der Waals surface area contributed by atoms with Crippen LogP contribution in [0.4, 0.5) is 20.2 Å². The summed E-state index contributed by atoms with van der Waals surface area (Å²) in [4.78, 5) is 11.0. The van der Waals surface area contributed by atoms with Crippen molar-refractivity contribution in [2.45, 2.75) is 0 Å². The van der Waals surface area contributed by atoms with Crippen LogP contribution in [0.3, 0.4) is 0 Å². The van der Waals surface area contributed by atoms with Gasteiger partial charge in [-0.2, -0.15) is 0 Å². The number of para-hydroxylation sites is 1. The summed E-state index contributed by atoms with van der Waals surface area (Å²) in [5.74, 6) is -2.67. The van der Waals surface area contributed by atoms with E-state index in [2.05, 4.69) is 21.2 Å². The largest absolute Gasteiger partial charge is 0.478 e. The molecule has 2 N–H and O–H groups in total. The molecule has 0 aliphatic rings. The van der Waals surface area contributed by atoms with E-state index >= 15 is 0 Å². The van der Waals surface area contributed by atoms with Crippen molar-refractivity contribution in [3.8, 4) is 0 Å². The van der Waals surface area contributed by atoms with Crippen LogP contribution in [0.15, 0.2) is 40.9 Å². The Morgan fingerprint density at radius 2 is 1.89 bits per heavy atom. The summed E-state index contributed by atoms with van der Waals surface area (Å²) in [6, 6.07) is 7.77. The van der Waals surface area contributed by atoms with Gasteiger partial charge in [-0.3, -0.25) is 0 Å². The minimum Gasteiger partial charge on any atom is -0.478 e. The minimum absolute atomic E-state index is 0.00389. The van der Waals surface area contributed by atoms with Crippen LogP contribution in [0.25, 0.3) is 0 Å². The van der Waals surface area contributed by atoms with Gasteiger partial charge in [0.25, 0.3) is 0 Å². The summed E-state index contributed by atoms with van der Waals surface area (Å²) < 4.78 is 27.8. The number of halogens is 3. The van der Waals surface area contributed by atoms with Gasteiger partial charge < -0.3 is 10.4 Å². The first kappa shape index (κ1) is 13.5. The number of rotatable bonds is 3. The van der Waals surface area contributed by atoms with Crippen LogP contribution >= 0.6 is 15.9 Å². The van der Waals surface area contributed by atoms with E-state index in [4.69, 9.17) is 5.11 Å². The Morgan fingerprint density at radius 1 is 1.16 bits per heavy atom. The molecule has 0 saturated carbocycles. The van der Waals surface area contributed by atoms with Gasteiger partial charge in [0.15, 0.2) is 0 Å². The molecule has 2 aromatic rings. The molecule has 0 heterocycles.